The lowest BCUT2D eigenvalue weighted by Gasteiger charge is -2.24. The molecule has 4 rings (SSSR count). The van der Waals surface area contributed by atoms with Gasteiger partial charge in [-0.05, 0) is 45.1 Å². The Morgan fingerprint density at radius 3 is 2.71 bits per heavy atom. The van der Waals surface area contributed by atoms with E-state index >= 15 is 0 Å². The van der Waals surface area contributed by atoms with Gasteiger partial charge in [0.15, 0.2) is 5.65 Å². The van der Waals surface area contributed by atoms with Gasteiger partial charge in [0.25, 0.3) is 5.69 Å². The highest BCUT2D eigenvalue weighted by Gasteiger charge is 2.30. The normalized spacial score (nSPS) is 13.9. The Hall–Kier alpha value is -3.69. The second kappa shape index (κ2) is 7.53. The van der Waals surface area contributed by atoms with Gasteiger partial charge in [-0.3, -0.25) is 15.0 Å². The Bertz CT molecular complexity index is 1160. The summed E-state index contributed by atoms with van der Waals surface area (Å²) in [4.78, 5) is 28.7. The quantitative estimate of drug-likeness (QED) is 0.443. The molecule has 1 fully saturated rings. The number of aromatic nitrogens is 3. The number of hydrogen-bond donors (Lipinski definition) is 2. The van der Waals surface area contributed by atoms with Crippen molar-refractivity contribution in [2.75, 3.05) is 10.2 Å². The summed E-state index contributed by atoms with van der Waals surface area (Å²) in [5.41, 5.74) is 1.75. The van der Waals surface area contributed by atoms with Crippen LogP contribution in [0.4, 0.5) is 22.1 Å². The van der Waals surface area contributed by atoms with Crippen molar-refractivity contribution >= 4 is 29.1 Å². The summed E-state index contributed by atoms with van der Waals surface area (Å²) in [5, 5.41) is 28.8. The van der Waals surface area contributed by atoms with Crippen LogP contribution in [0.1, 0.15) is 50.7 Å². The van der Waals surface area contributed by atoms with E-state index in [1.54, 1.807) is 24.4 Å². The number of nitrogens with zero attached hydrogens (tertiary/aromatic N) is 5. The van der Waals surface area contributed by atoms with E-state index in [0.717, 1.165) is 23.3 Å². The number of fused-ring (bicyclic) bond motifs is 1. The molecular weight excluding hydrogens is 400 g/mol. The number of amides is 1. The first-order valence-electron chi connectivity index (χ1n) is 10.0. The third kappa shape index (κ3) is 4.42. The summed E-state index contributed by atoms with van der Waals surface area (Å²) in [6.45, 7) is 5.92. The molecule has 3 aromatic rings. The number of hydrogen-bond acceptors (Lipinski definition) is 6. The number of nitro benzene ring substituents is 1. The molecule has 31 heavy (non-hydrogen) atoms. The van der Waals surface area contributed by atoms with Crippen LogP contribution in [0, 0.1) is 10.1 Å². The minimum Gasteiger partial charge on any atom is -0.465 e. The third-order valence-electron chi connectivity index (χ3n) is 4.97. The maximum atomic E-state index is 12.2. The molecule has 1 aliphatic rings. The molecule has 1 aliphatic carbocycles. The molecule has 0 aliphatic heterocycles. The Morgan fingerprint density at radius 1 is 1.35 bits per heavy atom. The number of non-ortho nitro benzene ring substituents is 1. The van der Waals surface area contributed by atoms with Crippen LogP contribution in [0.3, 0.4) is 0 Å². The van der Waals surface area contributed by atoms with Crippen molar-refractivity contribution < 1.29 is 14.8 Å². The molecule has 0 saturated heterocycles. The Morgan fingerprint density at radius 2 is 2.10 bits per heavy atom. The molecule has 0 spiro atoms. The van der Waals surface area contributed by atoms with E-state index in [4.69, 9.17) is 4.98 Å². The molecule has 0 atom stereocenters. The zero-order valence-electron chi connectivity index (χ0n) is 17.6. The van der Waals surface area contributed by atoms with Crippen LogP contribution in [0.2, 0.25) is 0 Å². The summed E-state index contributed by atoms with van der Waals surface area (Å²) in [7, 11) is 0. The molecule has 1 aromatic carbocycles. The van der Waals surface area contributed by atoms with Crippen molar-refractivity contribution in [3.05, 3.63) is 57.8 Å². The lowest BCUT2D eigenvalue weighted by Crippen LogP contribution is -2.32. The minimum atomic E-state index is -1.19. The van der Waals surface area contributed by atoms with Gasteiger partial charge in [0, 0.05) is 29.3 Å². The van der Waals surface area contributed by atoms with Crippen molar-refractivity contribution in [1.82, 2.24) is 14.6 Å². The van der Waals surface area contributed by atoms with Crippen LogP contribution in [-0.2, 0) is 6.54 Å². The van der Waals surface area contributed by atoms with Crippen molar-refractivity contribution in [2.45, 2.75) is 51.6 Å². The summed E-state index contributed by atoms with van der Waals surface area (Å²) in [5.74, 6) is 1.25. The summed E-state index contributed by atoms with van der Waals surface area (Å²) in [6.07, 6.45) is 2.68. The molecule has 1 amide bonds. The van der Waals surface area contributed by atoms with E-state index in [1.165, 1.54) is 16.6 Å². The van der Waals surface area contributed by atoms with Gasteiger partial charge < -0.3 is 10.4 Å². The monoisotopic (exact) mass is 424 g/mol. The lowest BCUT2D eigenvalue weighted by atomic mass is 10.1. The SMILES string of the molecule is CC(C)(C)Nc1cc(N(Cc2cccc([N+](=O)[O-])c2)C(=O)O)n2ncc(C3CC3)c2n1. The van der Waals surface area contributed by atoms with Crippen molar-refractivity contribution in [3.63, 3.8) is 0 Å². The average Bonchev–Trinajstić information content (AvgIpc) is 3.43. The number of nitro groups is 1. The number of nitrogens with one attached hydrogen (secondary N) is 1. The topological polar surface area (TPSA) is 126 Å². The van der Waals surface area contributed by atoms with Crippen LogP contribution >= 0.6 is 0 Å². The summed E-state index contributed by atoms with van der Waals surface area (Å²) in [6, 6.07) is 7.60. The second-order valence-electron chi connectivity index (χ2n) is 8.78. The van der Waals surface area contributed by atoms with E-state index in [0.29, 0.717) is 28.8 Å². The molecule has 2 N–H and O–H groups in total. The van der Waals surface area contributed by atoms with Gasteiger partial charge >= 0.3 is 6.09 Å². The zero-order valence-corrected chi connectivity index (χ0v) is 17.6. The average molecular weight is 424 g/mol. The highest BCUT2D eigenvalue weighted by atomic mass is 16.6. The van der Waals surface area contributed by atoms with E-state index < -0.39 is 11.0 Å². The molecule has 0 unspecified atom stereocenters. The van der Waals surface area contributed by atoms with Crippen LogP contribution in [0.25, 0.3) is 5.65 Å². The fourth-order valence-corrected chi connectivity index (χ4v) is 3.48. The van der Waals surface area contributed by atoms with Crippen LogP contribution < -0.4 is 10.2 Å². The lowest BCUT2D eigenvalue weighted by molar-refractivity contribution is -0.384. The van der Waals surface area contributed by atoms with E-state index in [2.05, 4.69) is 10.4 Å². The molecule has 2 aromatic heterocycles. The number of carboxylic acid groups (broad SMARTS) is 1. The Kier molecular flexibility index (Phi) is 5.00. The highest BCUT2D eigenvalue weighted by molar-refractivity contribution is 5.86. The van der Waals surface area contributed by atoms with E-state index in [9.17, 15) is 20.0 Å². The predicted octanol–water partition coefficient (Wildman–Crippen LogP) is 4.41. The summed E-state index contributed by atoms with van der Waals surface area (Å²) >= 11 is 0. The molecule has 10 heteroatoms. The molecular formula is C21H24N6O4. The standard InChI is InChI=1S/C21H24N6O4/c1-21(2,3)24-17-10-18(26-19(23-17)16(11-22-26)14-7-8-14)25(20(28)29)12-13-5-4-6-15(9-13)27(30)31/h4-6,9-11,14H,7-8,12H2,1-3H3,(H,23,24)(H,28,29). The van der Waals surface area contributed by atoms with Crippen molar-refractivity contribution in [3.8, 4) is 0 Å². The third-order valence-corrected chi connectivity index (χ3v) is 4.97. The first-order valence-corrected chi connectivity index (χ1v) is 10.0. The van der Waals surface area contributed by atoms with Gasteiger partial charge in [-0.1, -0.05) is 12.1 Å². The second-order valence-corrected chi connectivity index (χ2v) is 8.78. The van der Waals surface area contributed by atoms with Gasteiger partial charge in [-0.25, -0.2) is 9.78 Å². The molecule has 10 nitrogen and oxygen atoms in total. The first-order chi connectivity index (χ1) is 14.6. The van der Waals surface area contributed by atoms with Crippen molar-refractivity contribution in [2.24, 2.45) is 0 Å². The fraction of sp³-hybridized carbons (Fsp3) is 0.381. The van der Waals surface area contributed by atoms with Gasteiger partial charge in [0.2, 0.25) is 0 Å². The van der Waals surface area contributed by atoms with E-state index in [1.807, 2.05) is 20.8 Å². The van der Waals surface area contributed by atoms with Crippen LogP contribution in [0.5, 0.6) is 0 Å². The zero-order chi connectivity index (χ0) is 22.3. The molecule has 162 valence electrons. The number of anilines is 2. The molecule has 1 saturated carbocycles. The van der Waals surface area contributed by atoms with Gasteiger partial charge in [0.1, 0.15) is 11.6 Å². The fourth-order valence-electron chi connectivity index (χ4n) is 3.48. The molecule has 0 bridgehead atoms. The van der Waals surface area contributed by atoms with E-state index in [-0.39, 0.29) is 17.8 Å². The Balaban J connectivity index is 1.81. The first kappa shape index (κ1) is 20.6. The molecule has 2 heterocycles. The van der Waals surface area contributed by atoms with Crippen molar-refractivity contribution in [1.29, 1.82) is 0 Å². The van der Waals surface area contributed by atoms with Gasteiger partial charge in [-0.15, -0.1) is 0 Å². The predicted molar refractivity (Wildman–Crippen MR) is 116 cm³/mol. The molecule has 0 radical (unpaired) electrons. The van der Waals surface area contributed by atoms with Gasteiger partial charge in [-0.2, -0.15) is 9.61 Å². The largest absolute Gasteiger partial charge is 0.465 e. The number of carbonyl (C=O) groups is 1. The highest BCUT2D eigenvalue weighted by Crippen LogP contribution is 2.42. The maximum absolute atomic E-state index is 12.2. The summed E-state index contributed by atoms with van der Waals surface area (Å²) < 4.78 is 1.53. The number of rotatable bonds is 6. The Labute approximate surface area is 178 Å². The smallest absolute Gasteiger partial charge is 0.413 e. The van der Waals surface area contributed by atoms with Crippen LogP contribution in [0.15, 0.2) is 36.5 Å². The number of benzene rings is 1. The van der Waals surface area contributed by atoms with Crippen LogP contribution in [-0.4, -0.2) is 36.3 Å². The van der Waals surface area contributed by atoms with Gasteiger partial charge in [0.05, 0.1) is 17.7 Å². The minimum absolute atomic E-state index is 0.0658. The maximum Gasteiger partial charge on any atom is 0.413 e.